The molecule has 0 spiro atoms. The van der Waals surface area contributed by atoms with Crippen LogP contribution in [-0.4, -0.2) is 31.2 Å². The van der Waals surface area contributed by atoms with Gasteiger partial charge in [-0.15, -0.1) is 0 Å². The van der Waals surface area contributed by atoms with Crippen LogP contribution in [0, 0.1) is 5.41 Å². The number of ketones is 1. The summed E-state index contributed by atoms with van der Waals surface area (Å²) in [5, 5.41) is 0. The van der Waals surface area contributed by atoms with Crippen LogP contribution in [0.25, 0.3) is 0 Å². The number of unbranched alkanes of at least 4 members (excludes halogenated alkanes) is 2. The van der Waals surface area contributed by atoms with E-state index in [9.17, 15) is 4.79 Å². The molecule has 0 bridgehead atoms. The van der Waals surface area contributed by atoms with Gasteiger partial charge >= 0.3 is 0 Å². The lowest BCUT2D eigenvalue weighted by atomic mass is 9.80. The molecular formula is C13H22O3. The summed E-state index contributed by atoms with van der Waals surface area (Å²) in [5.41, 5.74) is -0.291. The highest BCUT2D eigenvalue weighted by Crippen LogP contribution is 2.43. The number of ether oxygens (including phenoxy) is 2. The molecule has 3 unspecified atom stereocenters. The third-order valence-electron chi connectivity index (χ3n) is 4.00. The van der Waals surface area contributed by atoms with Gasteiger partial charge in [0.25, 0.3) is 0 Å². The van der Waals surface area contributed by atoms with E-state index >= 15 is 0 Å². The third kappa shape index (κ3) is 2.03. The van der Waals surface area contributed by atoms with Gasteiger partial charge in [0.2, 0.25) is 0 Å². The lowest BCUT2D eigenvalue weighted by molar-refractivity contribution is -0.158. The minimum Gasteiger partial charge on any atom is -0.373 e. The van der Waals surface area contributed by atoms with Gasteiger partial charge in [-0.05, 0) is 6.42 Å². The Morgan fingerprint density at radius 3 is 2.81 bits per heavy atom. The highest BCUT2D eigenvalue weighted by Gasteiger charge is 2.53. The maximum Gasteiger partial charge on any atom is 0.144 e. The summed E-state index contributed by atoms with van der Waals surface area (Å²) in [6.07, 6.45) is 5.03. The van der Waals surface area contributed by atoms with E-state index in [0.29, 0.717) is 25.4 Å². The average Bonchev–Trinajstić information content (AvgIpc) is 2.53. The largest absolute Gasteiger partial charge is 0.373 e. The Morgan fingerprint density at radius 2 is 2.06 bits per heavy atom. The minimum absolute atomic E-state index is 0.00519. The molecule has 0 amide bonds. The first kappa shape index (κ1) is 12.1. The predicted octanol–water partition coefficient (Wildman–Crippen LogP) is 2.33. The van der Waals surface area contributed by atoms with Crippen LogP contribution < -0.4 is 0 Å². The maximum absolute atomic E-state index is 12.1. The molecule has 3 heteroatoms. The summed E-state index contributed by atoms with van der Waals surface area (Å²) in [6, 6.07) is 0. The monoisotopic (exact) mass is 226 g/mol. The highest BCUT2D eigenvalue weighted by atomic mass is 16.6. The van der Waals surface area contributed by atoms with Crippen molar-refractivity contribution >= 4 is 5.78 Å². The van der Waals surface area contributed by atoms with Gasteiger partial charge in [-0.3, -0.25) is 4.79 Å². The molecule has 3 nitrogen and oxygen atoms in total. The molecule has 2 rings (SSSR count). The normalized spacial score (nSPS) is 38.8. The number of Topliss-reactive ketones (excluding diaryl/α,β-unsaturated/α-hetero) is 1. The molecule has 1 aliphatic carbocycles. The zero-order chi connectivity index (χ0) is 11.6. The van der Waals surface area contributed by atoms with E-state index in [-0.39, 0.29) is 17.6 Å². The second-order valence-corrected chi connectivity index (χ2v) is 5.20. The lowest BCUT2D eigenvalue weighted by Gasteiger charge is -2.35. The first-order chi connectivity index (χ1) is 7.68. The van der Waals surface area contributed by atoms with Crippen molar-refractivity contribution in [1.82, 2.24) is 0 Å². The van der Waals surface area contributed by atoms with Crippen molar-refractivity contribution < 1.29 is 14.3 Å². The molecule has 0 aromatic heterocycles. The van der Waals surface area contributed by atoms with Crippen LogP contribution in [0.1, 0.15) is 46.0 Å². The van der Waals surface area contributed by atoms with Crippen LogP contribution in [0.2, 0.25) is 0 Å². The van der Waals surface area contributed by atoms with Crippen LogP contribution in [0.15, 0.2) is 0 Å². The molecule has 1 saturated carbocycles. The standard InChI is InChI=1S/C13H22O3/c1-3-4-5-6-13(2)11(14)9-10-12(13)16-8-7-15-10/h10,12H,3-9H2,1-2H3. The van der Waals surface area contributed by atoms with E-state index in [2.05, 4.69) is 13.8 Å². The molecule has 0 N–H and O–H groups in total. The second-order valence-electron chi connectivity index (χ2n) is 5.20. The molecule has 92 valence electrons. The molecule has 1 saturated heterocycles. The number of rotatable bonds is 4. The lowest BCUT2D eigenvalue weighted by Crippen LogP contribution is -2.43. The topological polar surface area (TPSA) is 35.5 Å². The molecule has 16 heavy (non-hydrogen) atoms. The Morgan fingerprint density at radius 1 is 1.31 bits per heavy atom. The van der Waals surface area contributed by atoms with E-state index in [4.69, 9.17) is 9.47 Å². The SMILES string of the molecule is CCCCCC1(C)C(=O)CC2OCCOC21. The Kier molecular flexibility index (Phi) is 3.65. The highest BCUT2D eigenvalue weighted by molar-refractivity contribution is 5.88. The van der Waals surface area contributed by atoms with Crippen molar-refractivity contribution in [3.05, 3.63) is 0 Å². The van der Waals surface area contributed by atoms with Crippen LogP contribution in [0.4, 0.5) is 0 Å². The van der Waals surface area contributed by atoms with Gasteiger partial charge in [0.1, 0.15) is 5.78 Å². The van der Waals surface area contributed by atoms with Crippen molar-refractivity contribution in [3.8, 4) is 0 Å². The smallest absolute Gasteiger partial charge is 0.144 e. The third-order valence-corrected chi connectivity index (χ3v) is 4.00. The molecule has 3 atom stereocenters. The average molecular weight is 226 g/mol. The summed E-state index contributed by atoms with van der Waals surface area (Å²) in [7, 11) is 0. The fourth-order valence-electron chi connectivity index (χ4n) is 2.93. The number of carbonyl (C=O) groups excluding carboxylic acids is 1. The number of hydrogen-bond donors (Lipinski definition) is 0. The van der Waals surface area contributed by atoms with Gasteiger partial charge in [-0.25, -0.2) is 0 Å². The predicted molar refractivity (Wildman–Crippen MR) is 61.4 cm³/mol. The van der Waals surface area contributed by atoms with Crippen LogP contribution in [-0.2, 0) is 14.3 Å². The number of carbonyl (C=O) groups is 1. The quantitative estimate of drug-likeness (QED) is 0.690. The van der Waals surface area contributed by atoms with E-state index in [1.807, 2.05) is 0 Å². The fraction of sp³-hybridized carbons (Fsp3) is 0.923. The van der Waals surface area contributed by atoms with Crippen LogP contribution in [0.3, 0.4) is 0 Å². The van der Waals surface area contributed by atoms with Crippen molar-refractivity contribution in [2.45, 2.75) is 58.2 Å². The second kappa shape index (κ2) is 4.84. The number of hydrogen-bond acceptors (Lipinski definition) is 3. The zero-order valence-corrected chi connectivity index (χ0v) is 10.3. The molecule has 1 heterocycles. The van der Waals surface area contributed by atoms with Gasteiger partial charge in [0.05, 0.1) is 30.8 Å². The van der Waals surface area contributed by atoms with E-state index in [0.717, 1.165) is 12.8 Å². The molecular weight excluding hydrogens is 204 g/mol. The summed E-state index contributed by atoms with van der Waals surface area (Å²) in [5.74, 6) is 0.334. The Balaban J connectivity index is 2.02. The molecule has 0 aromatic carbocycles. The van der Waals surface area contributed by atoms with Gasteiger partial charge in [-0.2, -0.15) is 0 Å². The first-order valence-electron chi connectivity index (χ1n) is 6.45. The summed E-state index contributed by atoms with van der Waals surface area (Å²) >= 11 is 0. The first-order valence-corrected chi connectivity index (χ1v) is 6.45. The molecule has 2 aliphatic rings. The van der Waals surface area contributed by atoms with Crippen molar-refractivity contribution in [2.24, 2.45) is 5.41 Å². The maximum atomic E-state index is 12.1. The Bertz CT molecular complexity index is 264. The molecule has 0 radical (unpaired) electrons. The summed E-state index contributed by atoms with van der Waals surface area (Å²) in [4.78, 5) is 12.1. The Labute approximate surface area is 97.5 Å². The summed E-state index contributed by atoms with van der Waals surface area (Å²) < 4.78 is 11.4. The van der Waals surface area contributed by atoms with E-state index in [1.54, 1.807) is 0 Å². The van der Waals surface area contributed by atoms with Gasteiger partial charge in [0, 0.05) is 6.42 Å². The van der Waals surface area contributed by atoms with Crippen LogP contribution in [0.5, 0.6) is 0 Å². The Hall–Kier alpha value is -0.410. The van der Waals surface area contributed by atoms with Gasteiger partial charge in [0.15, 0.2) is 0 Å². The minimum atomic E-state index is -0.291. The van der Waals surface area contributed by atoms with Crippen molar-refractivity contribution in [1.29, 1.82) is 0 Å². The van der Waals surface area contributed by atoms with Gasteiger partial charge < -0.3 is 9.47 Å². The molecule has 2 fully saturated rings. The zero-order valence-electron chi connectivity index (χ0n) is 10.3. The number of fused-ring (bicyclic) bond motifs is 1. The van der Waals surface area contributed by atoms with E-state index in [1.165, 1.54) is 12.8 Å². The van der Waals surface area contributed by atoms with E-state index < -0.39 is 0 Å². The van der Waals surface area contributed by atoms with Crippen molar-refractivity contribution in [2.75, 3.05) is 13.2 Å². The summed E-state index contributed by atoms with van der Waals surface area (Å²) in [6.45, 7) is 5.52. The van der Waals surface area contributed by atoms with Crippen LogP contribution >= 0.6 is 0 Å². The molecule has 0 aromatic rings. The fourth-order valence-corrected chi connectivity index (χ4v) is 2.93. The van der Waals surface area contributed by atoms with Gasteiger partial charge in [-0.1, -0.05) is 33.1 Å². The van der Waals surface area contributed by atoms with Crippen molar-refractivity contribution in [3.63, 3.8) is 0 Å². The molecule has 1 aliphatic heterocycles.